The predicted molar refractivity (Wildman–Crippen MR) is 63.1 cm³/mol. The second-order valence-corrected chi connectivity index (χ2v) is 5.67. The third-order valence-electron chi connectivity index (χ3n) is 1.97. The molecule has 0 spiro atoms. The maximum absolute atomic E-state index is 12.9. The zero-order valence-electron chi connectivity index (χ0n) is 9.41. The van der Waals surface area contributed by atoms with Crippen molar-refractivity contribution < 1.29 is 17.5 Å². The van der Waals surface area contributed by atoms with Crippen LogP contribution >= 0.6 is 11.6 Å². The Morgan fingerprint density at radius 2 is 2.18 bits per heavy atom. The topological polar surface area (TPSA) is 55.4 Å². The van der Waals surface area contributed by atoms with E-state index in [0.717, 1.165) is 18.2 Å². The third-order valence-corrected chi connectivity index (χ3v) is 3.85. The summed E-state index contributed by atoms with van der Waals surface area (Å²) in [7, 11) is -2.23. The summed E-state index contributed by atoms with van der Waals surface area (Å²) < 4.78 is 43.8. The fourth-order valence-corrected chi connectivity index (χ4v) is 2.76. The molecule has 1 aromatic carbocycles. The van der Waals surface area contributed by atoms with Crippen molar-refractivity contribution in [2.24, 2.45) is 0 Å². The number of ether oxygens (including phenoxy) is 1. The molecule has 7 heteroatoms. The lowest BCUT2D eigenvalue weighted by molar-refractivity contribution is 0.180. The highest BCUT2D eigenvalue weighted by molar-refractivity contribution is 7.89. The second-order valence-electron chi connectivity index (χ2n) is 3.55. The van der Waals surface area contributed by atoms with Gasteiger partial charge in [-0.05, 0) is 25.1 Å². The lowest BCUT2D eigenvalue weighted by Gasteiger charge is -2.13. The molecule has 0 heterocycles. The van der Waals surface area contributed by atoms with Crippen molar-refractivity contribution in [1.29, 1.82) is 0 Å². The van der Waals surface area contributed by atoms with Crippen LogP contribution in [0, 0.1) is 5.82 Å². The van der Waals surface area contributed by atoms with Crippen LogP contribution < -0.4 is 4.72 Å². The van der Waals surface area contributed by atoms with E-state index in [1.165, 1.54) is 7.11 Å². The first-order chi connectivity index (χ1) is 7.86. The van der Waals surface area contributed by atoms with Gasteiger partial charge in [-0.25, -0.2) is 17.5 Å². The number of halogens is 2. The quantitative estimate of drug-likeness (QED) is 0.895. The number of sulfonamides is 1. The molecule has 0 aliphatic carbocycles. The van der Waals surface area contributed by atoms with E-state index in [9.17, 15) is 12.8 Å². The highest BCUT2D eigenvalue weighted by Gasteiger charge is 2.18. The molecule has 0 unspecified atom stereocenters. The summed E-state index contributed by atoms with van der Waals surface area (Å²) >= 11 is 5.53. The second kappa shape index (κ2) is 5.77. The molecule has 0 saturated carbocycles. The average molecular weight is 282 g/mol. The molecule has 0 saturated heterocycles. The van der Waals surface area contributed by atoms with Gasteiger partial charge < -0.3 is 4.74 Å². The highest BCUT2D eigenvalue weighted by Crippen LogP contribution is 2.19. The first-order valence-electron chi connectivity index (χ1n) is 4.83. The molecule has 1 N–H and O–H groups in total. The van der Waals surface area contributed by atoms with Crippen molar-refractivity contribution in [3.63, 3.8) is 0 Å². The highest BCUT2D eigenvalue weighted by atomic mass is 35.5. The van der Waals surface area contributed by atoms with E-state index >= 15 is 0 Å². The van der Waals surface area contributed by atoms with Crippen molar-refractivity contribution in [2.45, 2.75) is 17.9 Å². The Balaban J connectivity index is 2.93. The molecule has 0 amide bonds. The van der Waals surface area contributed by atoms with E-state index in [4.69, 9.17) is 16.3 Å². The molecule has 0 aromatic heterocycles. The summed E-state index contributed by atoms with van der Waals surface area (Å²) in [6.07, 6.45) is 0. The summed E-state index contributed by atoms with van der Waals surface area (Å²) in [4.78, 5) is -0.0770. The molecule has 1 aromatic rings. The Bertz CT molecular complexity index is 492. The van der Waals surface area contributed by atoms with E-state index < -0.39 is 15.8 Å². The van der Waals surface area contributed by atoms with Crippen LogP contribution in [-0.2, 0) is 14.8 Å². The van der Waals surface area contributed by atoms with Gasteiger partial charge in [-0.3, -0.25) is 0 Å². The van der Waals surface area contributed by atoms with Crippen molar-refractivity contribution in [3.8, 4) is 0 Å². The molecule has 4 nitrogen and oxygen atoms in total. The number of nitrogens with one attached hydrogen (secondary N) is 1. The van der Waals surface area contributed by atoms with Crippen LogP contribution in [0.25, 0.3) is 0 Å². The number of rotatable bonds is 5. The first-order valence-corrected chi connectivity index (χ1v) is 6.69. The van der Waals surface area contributed by atoms with Crippen molar-refractivity contribution >= 4 is 21.6 Å². The van der Waals surface area contributed by atoms with Gasteiger partial charge in [0.15, 0.2) is 0 Å². The van der Waals surface area contributed by atoms with Crippen LogP contribution in [0.2, 0.25) is 5.02 Å². The molecule has 17 heavy (non-hydrogen) atoms. The minimum absolute atomic E-state index is 0.0770. The zero-order valence-corrected chi connectivity index (χ0v) is 11.0. The Labute approximate surface area is 105 Å². The number of benzene rings is 1. The van der Waals surface area contributed by atoms with E-state index in [2.05, 4.69) is 4.72 Å². The molecule has 96 valence electrons. The Morgan fingerprint density at radius 3 is 2.71 bits per heavy atom. The van der Waals surface area contributed by atoms with Gasteiger partial charge in [0.1, 0.15) is 5.82 Å². The normalized spacial score (nSPS) is 13.6. The van der Waals surface area contributed by atoms with Crippen molar-refractivity contribution in [3.05, 3.63) is 29.0 Å². The van der Waals surface area contributed by atoms with E-state index in [-0.39, 0.29) is 22.6 Å². The van der Waals surface area contributed by atoms with Crippen molar-refractivity contribution in [2.75, 3.05) is 13.7 Å². The van der Waals surface area contributed by atoms with Gasteiger partial charge in [0.25, 0.3) is 0 Å². The summed E-state index contributed by atoms with van der Waals surface area (Å²) in [6, 6.07) is 2.86. The van der Waals surface area contributed by atoms with Crippen LogP contribution in [0.3, 0.4) is 0 Å². The number of hydrogen-bond donors (Lipinski definition) is 1. The van der Waals surface area contributed by atoms with Gasteiger partial charge in [-0.1, -0.05) is 11.6 Å². The lowest BCUT2D eigenvalue weighted by atomic mass is 10.3. The standard InChI is InChI=1S/C10H13ClFNO3S/c1-7(6-16-2)13-17(14,15)8-3-4-10(12)9(11)5-8/h3-5,7,13H,6H2,1-2H3/t7-/m1/s1. The van der Waals surface area contributed by atoms with Crippen molar-refractivity contribution in [1.82, 2.24) is 4.72 Å². The number of methoxy groups -OCH3 is 1. The fraction of sp³-hybridized carbons (Fsp3) is 0.400. The van der Waals surface area contributed by atoms with Gasteiger partial charge in [-0.2, -0.15) is 0 Å². The minimum Gasteiger partial charge on any atom is -0.383 e. The largest absolute Gasteiger partial charge is 0.383 e. The summed E-state index contributed by atoms with van der Waals surface area (Å²) in [6.45, 7) is 1.90. The molecular weight excluding hydrogens is 269 g/mol. The SMILES string of the molecule is COC[C@@H](C)NS(=O)(=O)c1ccc(F)c(Cl)c1. The summed E-state index contributed by atoms with van der Waals surface area (Å²) in [5.41, 5.74) is 0. The minimum atomic E-state index is -3.70. The first kappa shape index (κ1) is 14.4. The maximum atomic E-state index is 12.9. The molecule has 0 aliphatic heterocycles. The van der Waals surface area contributed by atoms with Crippen LogP contribution in [0.15, 0.2) is 23.1 Å². The summed E-state index contributed by atoms with van der Waals surface area (Å²) in [5, 5.41) is -0.229. The maximum Gasteiger partial charge on any atom is 0.240 e. The summed E-state index contributed by atoms with van der Waals surface area (Å²) in [5.74, 6) is -0.657. The molecule has 0 aliphatic rings. The number of hydrogen-bond acceptors (Lipinski definition) is 3. The molecule has 1 atom stereocenters. The Kier molecular flexibility index (Phi) is 4.88. The smallest absolute Gasteiger partial charge is 0.240 e. The van der Waals surface area contributed by atoms with E-state index in [1.54, 1.807) is 6.92 Å². The van der Waals surface area contributed by atoms with Gasteiger partial charge in [0.05, 0.1) is 16.5 Å². The Hall–Kier alpha value is -0.690. The van der Waals surface area contributed by atoms with Crippen LogP contribution in [0.1, 0.15) is 6.92 Å². The average Bonchev–Trinajstić information content (AvgIpc) is 2.21. The zero-order chi connectivity index (χ0) is 13.1. The van der Waals surface area contributed by atoms with Gasteiger partial charge in [0.2, 0.25) is 10.0 Å². The molecule has 0 radical (unpaired) electrons. The third kappa shape index (κ3) is 3.92. The molecule has 1 rings (SSSR count). The van der Waals surface area contributed by atoms with Crippen LogP contribution in [0.5, 0.6) is 0 Å². The van der Waals surface area contributed by atoms with E-state index in [1.807, 2.05) is 0 Å². The van der Waals surface area contributed by atoms with Gasteiger partial charge in [0, 0.05) is 13.2 Å². The fourth-order valence-electron chi connectivity index (χ4n) is 1.26. The van der Waals surface area contributed by atoms with Gasteiger partial charge in [-0.15, -0.1) is 0 Å². The molecular formula is C10H13ClFNO3S. The lowest BCUT2D eigenvalue weighted by Crippen LogP contribution is -2.35. The van der Waals surface area contributed by atoms with Gasteiger partial charge >= 0.3 is 0 Å². The Morgan fingerprint density at radius 1 is 1.53 bits per heavy atom. The molecule has 0 bridgehead atoms. The monoisotopic (exact) mass is 281 g/mol. The molecule has 0 fully saturated rings. The van der Waals surface area contributed by atoms with Crippen LogP contribution in [0.4, 0.5) is 4.39 Å². The van der Waals surface area contributed by atoms with Crippen LogP contribution in [-0.4, -0.2) is 28.2 Å². The predicted octanol–water partition coefficient (Wildman–Crippen LogP) is 1.79. The van der Waals surface area contributed by atoms with E-state index in [0.29, 0.717) is 0 Å².